The maximum Gasteiger partial charge on any atom is 0.0302 e. The summed E-state index contributed by atoms with van der Waals surface area (Å²) in [5.74, 6) is 1.71. The molecule has 0 radical (unpaired) electrons. The third-order valence-electron chi connectivity index (χ3n) is 4.04. The summed E-state index contributed by atoms with van der Waals surface area (Å²) in [6.45, 7) is 8.04. The summed E-state index contributed by atoms with van der Waals surface area (Å²) in [5.41, 5.74) is 0. The molecule has 90 valence electrons. The zero-order valence-electron chi connectivity index (χ0n) is 10.6. The van der Waals surface area contributed by atoms with Crippen LogP contribution in [-0.4, -0.2) is 6.04 Å². The van der Waals surface area contributed by atoms with Gasteiger partial charge in [-0.05, 0) is 37.3 Å². The first-order valence-electron chi connectivity index (χ1n) is 6.45. The molecule has 1 saturated carbocycles. The lowest BCUT2D eigenvalue weighted by Gasteiger charge is -2.34. The van der Waals surface area contributed by atoms with Crippen molar-refractivity contribution < 1.29 is 0 Å². The molecule has 0 bridgehead atoms. The number of hydrogen-bond acceptors (Lipinski definition) is 2. The van der Waals surface area contributed by atoms with Crippen molar-refractivity contribution >= 4 is 11.3 Å². The molecule has 3 atom stereocenters. The monoisotopic (exact) mass is 237 g/mol. The Bertz CT molecular complexity index is 331. The van der Waals surface area contributed by atoms with Crippen LogP contribution in [0.1, 0.15) is 42.9 Å². The van der Waals surface area contributed by atoms with Crippen LogP contribution in [0.15, 0.2) is 12.1 Å². The zero-order chi connectivity index (χ0) is 11.5. The Balaban J connectivity index is 1.85. The van der Waals surface area contributed by atoms with Crippen LogP contribution < -0.4 is 5.32 Å². The molecule has 0 spiro atoms. The lowest BCUT2D eigenvalue weighted by atomic mass is 9.78. The highest BCUT2D eigenvalue weighted by atomic mass is 32.1. The van der Waals surface area contributed by atoms with Crippen molar-refractivity contribution in [3.63, 3.8) is 0 Å². The van der Waals surface area contributed by atoms with E-state index in [2.05, 4.69) is 38.2 Å². The summed E-state index contributed by atoms with van der Waals surface area (Å²) >= 11 is 1.92. The summed E-state index contributed by atoms with van der Waals surface area (Å²) in [6, 6.07) is 5.20. The van der Waals surface area contributed by atoms with E-state index in [1.165, 1.54) is 29.0 Å². The quantitative estimate of drug-likeness (QED) is 0.838. The van der Waals surface area contributed by atoms with Gasteiger partial charge in [0.1, 0.15) is 0 Å². The lowest BCUT2D eigenvalue weighted by Crippen LogP contribution is -2.40. The minimum absolute atomic E-state index is 0.728. The molecular formula is C14H23NS. The van der Waals surface area contributed by atoms with Gasteiger partial charge in [0, 0.05) is 22.3 Å². The molecule has 1 aliphatic carbocycles. The van der Waals surface area contributed by atoms with Crippen molar-refractivity contribution in [3.8, 4) is 0 Å². The number of nitrogens with one attached hydrogen (secondary N) is 1. The smallest absolute Gasteiger partial charge is 0.0302 e. The molecule has 2 rings (SSSR count). The van der Waals surface area contributed by atoms with Crippen molar-refractivity contribution in [2.24, 2.45) is 11.8 Å². The molecule has 0 amide bonds. The minimum atomic E-state index is 0.728. The molecule has 1 aromatic heterocycles. The topological polar surface area (TPSA) is 12.0 Å². The Labute approximate surface area is 103 Å². The third-order valence-corrected chi connectivity index (χ3v) is 5.04. The van der Waals surface area contributed by atoms with Crippen molar-refractivity contribution in [2.45, 2.75) is 52.6 Å². The van der Waals surface area contributed by atoms with Gasteiger partial charge in [-0.2, -0.15) is 0 Å². The van der Waals surface area contributed by atoms with E-state index in [1.54, 1.807) is 0 Å². The minimum Gasteiger partial charge on any atom is -0.309 e. The van der Waals surface area contributed by atoms with Crippen LogP contribution >= 0.6 is 11.3 Å². The van der Waals surface area contributed by atoms with Crippen LogP contribution in [0, 0.1) is 18.8 Å². The van der Waals surface area contributed by atoms with E-state index in [-0.39, 0.29) is 0 Å². The van der Waals surface area contributed by atoms with Gasteiger partial charge in [-0.25, -0.2) is 0 Å². The number of hydrogen-bond donors (Lipinski definition) is 1. The Kier molecular flexibility index (Phi) is 4.04. The van der Waals surface area contributed by atoms with Crippen LogP contribution in [0.5, 0.6) is 0 Å². The molecule has 1 aliphatic rings. The second-order valence-electron chi connectivity index (χ2n) is 5.27. The van der Waals surface area contributed by atoms with Gasteiger partial charge in [-0.15, -0.1) is 11.3 Å². The summed E-state index contributed by atoms with van der Waals surface area (Å²) in [7, 11) is 0. The van der Waals surface area contributed by atoms with Gasteiger partial charge in [0.2, 0.25) is 0 Å². The number of rotatable bonds is 3. The molecule has 0 aromatic carbocycles. The van der Waals surface area contributed by atoms with Gasteiger partial charge < -0.3 is 5.32 Å². The van der Waals surface area contributed by atoms with Gasteiger partial charge in [-0.3, -0.25) is 0 Å². The molecule has 1 aromatic rings. The van der Waals surface area contributed by atoms with Crippen molar-refractivity contribution in [1.29, 1.82) is 0 Å². The second-order valence-corrected chi connectivity index (χ2v) is 6.64. The maximum absolute atomic E-state index is 3.74. The normalized spacial score (nSPS) is 30.6. The second kappa shape index (κ2) is 5.33. The van der Waals surface area contributed by atoms with Crippen LogP contribution in [0.25, 0.3) is 0 Å². The van der Waals surface area contributed by atoms with Crippen molar-refractivity contribution in [3.05, 3.63) is 21.9 Å². The summed E-state index contributed by atoms with van der Waals surface area (Å²) in [6.07, 6.45) is 4.17. The highest BCUT2D eigenvalue weighted by Gasteiger charge is 2.26. The van der Waals surface area contributed by atoms with Crippen LogP contribution in [0.4, 0.5) is 0 Å². The third kappa shape index (κ3) is 2.86. The SMILES string of the molecule is Cc1ccc(CN[C@@H]2CCC[C@@H](C)[C@H]2C)s1. The van der Waals surface area contributed by atoms with E-state index in [4.69, 9.17) is 0 Å². The molecule has 1 N–H and O–H groups in total. The summed E-state index contributed by atoms with van der Waals surface area (Å²) in [5, 5.41) is 3.74. The molecule has 1 nitrogen and oxygen atoms in total. The molecule has 0 saturated heterocycles. The van der Waals surface area contributed by atoms with Crippen molar-refractivity contribution in [2.75, 3.05) is 0 Å². The molecule has 0 aliphatic heterocycles. The first kappa shape index (κ1) is 12.1. The predicted molar refractivity (Wildman–Crippen MR) is 71.9 cm³/mol. The Morgan fingerprint density at radius 2 is 2.12 bits per heavy atom. The standard InChI is InChI=1S/C14H23NS/c1-10-5-4-6-14(12(10)3)15-9-13-8-7-11(2)16-13/h7-8,10,12,14-15H,4-6,9H2,1-3H3/t10-,12-,14-/m1/s1. The molecule has 2 heteroatoms. The maximum atomic E-state index is 3.74. The van der Waals surface area contributed by atoms with E-state index in [1.807, 2.05) is 11.3 Å². The average Bonchev–Trinajstić information content (AvgIpc) is 2.67. The van der Waals surface area contributed by atoms with E-state index in [9.17, 15) is 0 Å². The lowest BCUT2D eigenvalue weighted by molar-refractivity contribution is 0.206. The largest absolute Gasteiger partial charge is 0.309 e. The Morgan fingerprint density at radius 3 is 2.81 bits per heavy atom. The molecule has 1 heterocycles. The van der Waals surface area contributed by atoms with Gasteiger partial charge in [0.25, 0.3) is 0 Å². The van der Waals surface area contributed by atoms with Gasteiger partial charge >= 0.3 is 0 Å². The van der Waals surface area contributed by atoms with Gasteiger partial charge in [-0.1, -0.05) is 26.7 Å². The first-order chi connectivity index (χ1) is 7.66. The highest BCUT2D eigenvalue weighted by molar-refractivity contribution is 7.11. The Hall–Kier alpha value is -0.340. The zero-order valence-corrected chi connectivity index (χ0v) is 11.4. The number of thiophene rings is 1. The van der Waals surface area contributed by atoms with Crippen molar-refractivity contribution in [1.82, 2.24) is 5.32 Å². The Morgan fingerprint density at radius 1 is 1.31 bits per heavy atom. The van der Waals surface area contributed by atoms with E-state index in [0.29, 0.717) is 0 Å². The fourth-order valence-corrected chi connectivity index (χ4v) is 3.52. The van der Waals surface area contributed by atoms with Crippen LogP contribution in [0.2, 0.25) is 0 Å². The molecule has 16 heavy (non-hydrogen) atoms. The fraction of sp³-hybridized carbons (Fsp3) is 0.714. The molecular weight excluding hydrogens is 214 g/mol. The summed E-state index contributed by atoms with van der Waals surface area (Å²) < 4.78 is 0. The summed E-state index contributed by atoms with van der Waals surface area (Å²) in [4.78, 5) is 2.89. The van der Waals surface area contributed by atoms with Gasteiger partial charge in [0.15, 0.2) is 0 Å². The van der Waals surface area contributed by atoms with Crippen LogP contribution in [0.3, 0.4) is 0 Å². The predicted octanol–water partition coefficient (Wildman–Crippen LogP) is 3.97. The fourth-order valence-electron chi connectivity index (χ4n) is 2.68. The average molecular weight is 237 g/mol. The molecule has 1 fully saturated rings. The van der Waals surface area contributed by atoms with Crippen LogP contribution in [-0.2, 0) is 6.54 Å². The first-order valence-corrected chi connectivity index (χ1v) is 7.27. The van der Waals surface area contributed by atoms with Gasteiger partial charge in [0.05, 0.1) is 0 Å². The molecule has 0 unspecified atom stereocenters. The van der Waals surface area contributed by atoms with E-state index < -0.39 is 0 Å². The van der Waals surface area contributed by atoms with E-state index >= 15 is 0 Å². The number of aryl methyl sites for hydroxylation is 1. The van der Waals surface area contributed by atoms with E-state index in [0.717, 1.165) is 24.4 Å². The highest BCUT2D eigenvalue weighted by Crippen LogP contribution is 2.29.